The van der Waals surface area contributed by atoms with Crippen molar-refractivity contribution in [3.05, 3.63) is 48.3 Å². The molecule has 4 heterocycles. The van der Waals surface area contributed by atoms with E-state index in [4.69, 9.17) is 9.84 Å². The van der Waals surface area contributed by atoms with Crippen LogP contribution in [0.3, 0.4) is 0 Å². The molecule has 1 atom stereocenters. The highest BCUT2D eigenvalue weighted by molar-refractivity contribution is 5.90. The molecule has 2 aromatic heterocycles. The van der Waals surface area contributed by atoms with Crippen LogP contribution in [0, 0.1) is 5.82 Å². The lowest BCUT2D eigenvalue weighted by atomic mass is 10.0. The molecule has 12 heteroatoms. The summed E-state index contributed by atoms with van der Waals surface area (Å²) in [5, 5.41) is 24.9. The summed E-state index contributed by atoms with van der Waals surface area (Å²) in [5.74, 6) is -0.371. The Morgan fingerprint density at radius 3 is 2.79 bits per heavy atom. The number of halogens is 1. The van der Waals surface area contributed by atoms with Crippen molar-refractivity contribution in [2.24, 2.45) is 0 Å². The number of anilines is 2. The van der Waals surface area contributed by atoms with Crippen LogP contribution in [0.15, 0.2) is 36.8 Å². The summed E-state index contributed by atoms with van der Waals surface area (Å²) in [6.45, 7) is 2.12. The first-order valence-electron chi connectivity index (χ1n) is 11.0. The number of carbonyl (C=O) groups excluding carboxylic acids is 1. The van der Waals surface area contributed by atoms with Crippen molar-refractivity contribution in [2.45, 2.75) is 38.0 Å². The summed E-state index contributed by atoms with van der Waals surface area (Å²) < 4.78 is 23.9. The van der Waals surface area contributed by atoms with Gasteiger partial charge in [-0.25, -0.2) is 18.5 Å². The number of hydrogen-bond donors (Lipinski definition) is 1. The second-order valence-corrected chi connectivity index (χ2v) is 8.26. The number of amides is 1. The van der Waals surface area contributed by atoms with Crippen molar-refractivity contribution in [3.8, 4) is 0 Å². The molecule has 33 heavy (non-hydrogen) atoms. The zero-order valence-corrected chi connectivity index (χ0v) is 18.0. The molecule has 0 spiro atoms. The van der Waals surface area contributed by atoms with Crippen molar-refractivity contribution in [1.29, 1.82) is 0 Å². The van der Waals surface area contributed by atoms with Crippen LogP contribution in [-0.2, 0) is 17.7 Å². The number of rotatable bonds is 7. The van der Waals surface area contributed by atoms with E-state index in [9.17, 15) is 4.79 Å². The number of cyclic esters (lactones) is 1. The maximum absolute atomic E-state index is 15.0. The van der Waals surface area contributed by atoms with E-state index in [2.05, 4.69) is 20.6 Å². The first kappa shape index (κ1) is 21.3. The maximum atomic E-state index is 15.0. The van der Waals surface area contributed by atoms with Crippen molar-refractivity contribution in [1.82, 2.24) is 30.0 Å². The third-order valence-corrected chi connectivity index (χ3v) is 6.08. The average Bonchev–Trinajstić information content (AvgIpc) is 3.57. The Balaban J connectivity index is 1.21. The van der Waals surface area contributed by atoms with Crippen LogP contribution in [0.25, 0.3) is 0 Å². The number of benzene rings is 1. The molecule has 5 rings (SSSR count). The SMILES string of the molecule is O=C1O[C@@H](Cn2ccnn2)CN1c1ccc(N2CCC(n3cc(CCO)nn3)CC2)c(F)c1. The van der Waals surface area contributed by atoms with Crippen LogP contribution >= 0.6 is 0 Å². The minimum Gasteiger partial charge on any atom is -0.442 e. The van der Waals surface area contributed by atoms with Gasteiger partial charge in [0.1, 0.15) is 11.9 Å². The first-order chi connectivity index (χ1) is 16.1. The Labute approximate surface area is 189 Å². The van der Waals surface area contributed by atoms with Gasteiger partial charge in [-0.1, -0.05) is 10.4 Å². The molecule has 0 saturated carbocycles. The van der Waals surface area contributed by atoms with Gasteiger partial charge in [-0.2, -0.15) is 0 Å². The van der Waals surface area contributed by atoms with Crippen LogP contribution < -0.4 is 9.80 Å². The Kier molecular flexibility index (Phi) is 5.90. The molecule has 2 fully saturated rings. The number of aliphatic hydroxyl groups excluding tert-OH is 1. The van der Waals surface area contributed by atoms with E-state index in [-0.39, 0.29) is 24.6 Å². The Bertz CT molecular complexity index is 1100. The second-order valence-electron chi connectivity index (χ2n) is 8.26. The predicted molar refractivity (Wildman–Crippen MR) is 115 cm³/mol. The van der Waals surface area contributed by atoms with Crippen molar-refractivity contribution in [3.63, 3.8) is 0 Å². The van der Waals surface area contributed by atoms with E-state index in [1.165, 1.54) is 11.0 Å². The molecule has 0 radical (unpaired) electrons. The molecule has 174 valence electrons. The summed E-state index contributed by atoms with van der Waals surface area (Å²) >= 11 is 0. The highest BCUT2D eigenvalue weighted by Gasteiger charge is 2.33. The van der Waals surface area contributed by atoms with E-state index in [0.29, 0.717) is 44.0 Å². The van der Waals surface area contributed by atoms with Crippen LogP contribution in [0.5, 0.6) is 0 Å². The fourth-order valence-electron chi connectivity index (χ4n) is 4.38. The summed E-state index contributed by atoms with van der Waals surface area (Å²) in [6.07, 6.45) is 6.37. The van der Waals surface area contributed by atoms with Crippen LogP contribution in [0.4, 0.5) is 20.6 Å². The summed E-state index contributed by atoms with van der Waals surface area (Å²) in [6, 6.07) is 5.06. The zero-order valence-electron chi connectivity index (χ0n) is 18.0. The number of aromatic nitrogens is 6. The van der Waals surface area contributed by atoms with Gasteiger partial charge in [0.15, 0.2) is 0 Å². The second kappa shape index (κ2) is 9.14. The fraction of sp³-hybridized carbons (Fsp3) is 0.476. The lowest BCUT2D eigenvalue weighted by molar-refractivity contribution is 0.129. The Morgan fingerprint density at radius 1 is 1.21 bits per heavy atom. The highest BCUT2D eigenvalue weighted by Crippen LogP contribution is 2.31. The largest absolute Gasteiger partial charge is 0.442 e. The molecule has 2 aliphatic rings. The lowest BCUT2D eigenvalue weighted by Gasteiger charge is -2.33. The molecule has 1 amide bonds. The topological polar surface area (TPSA) is 114 Å². The molecule has 2 saturated heterocycles. The van der Waals surface area contributed by atoms with Crippen LogP contribution in [0.1, 0.15) is 24.6 Å². The van der Waals surface area contributed by atoms with E-state index >= 15 is 4.39 Å². The molecule has 2 aliphatic heterocycles. The summed E-state index contributed by atoms with van der Waals surface area (Å²) in [4.78, 5) is 15.8. The van der Waals surface area contributed by atoms with Crippen molar-refractivity contribution in [2.75, 3.05) is 36.0 Å². The minimum atomic E-state index is -0.499. The zero-order chi connectivity index (χ0) is 22.8. The highest BCUT2D eigenvalue weighted by atomic mass is 19.1. The monoisotopic (exact) mass is 456 g/mol. The van der Waals surface area contributed by atoms with Gasteiger partial charge in [-0.3, -0.25) is 4.90 Å². The van der Waals surface area contributed by atoms with Gasteiger partial charge in [0.05, 0.1) is 42.4 Å². The number of ether oxygens (including phenoxy) is 1. The first-order valence-corrected chi connectivity index (χ1v) is 11.0. The molecule has 0 aliphatic carbocycles. The fourth-order valence-corrected chi connectivity index (χ4v) is 4.38. The van der Waals surface area contributed by atoms with Crippen LogP contribution in [-0.4, -0.2) is 73.5 Å². The molecular weight excluding hydrogens is 431 g/mol. The molecule has 0 unspecified atom stereocenters. The van der Waals surface area contributed by atoms with Gasteiger partial charge in [0.25, 0.3) is 0 Å². The molecule has 0 bridgehead atoms. The van der Waals surface area contributed by atoms with Gasteiger partial charge in [0.2, 0.25) is 0 Å². The number of aliphatic hydroxyl groups is 1. The van der Waals surface area contributed by atoms with Gasteiger partial charge in [-0.15, -0.1) is 10.2 Å². The Morgan fingerprint density at radius 2 is 2.06 bits per heavy atom. The van der Waals surface area contributed by atoms with Crippen molar-refractivity contribution >= 4 is 17.5 Å². The van der Waals surface area contributed by atoms with Crippen LogP contribution in [0.2, 0.25) is 0 Å². The molecule has 3 aromatic rings. The van der Waals surface area contributed by atoms with E-state index in [0.717, 1.165) is 18.5 Å². The van der Waals surface area contributed by atoms with Gasteiger partial charge in [-0.05, 0) is 31.0 Å². The number of nitrogens with zero attached hydrogens (tertiary/aromatic N) is 8. The van der Waals surface area contributed by atoms with Gasteiger partial charge < -0.3 is 14.7 Å². The molecule has 11 nitrogen and oxygen atoms in total. The predicted octanol–water partition coefficient (Wildman–Crippen LogP) is 1.41. The third-order valence-electron chi connectivity index (χ3n) is 6.08. The number of piperidine rings is 1. The van der Waals surface area contributed by atoms with Gasteiger partial charge in [0, 0.05) is 38.5 Å². The van der Waals surface area contributed by atoms with E-state index < -0.39 is 6.09 Å². The molecule has 1 aromatic carbocycles. The third kappa shape index (κ3) is 4.51. The Hall–Kier alpha value is -3.54. The standard InChI is InChI=1S/C21H25FN8O3/c22-19-11-17(29-14-18(33-21(29)32)13-28-9-6-23-25-28)1-2-20(19)27-7-3-16(4-8-27)30-12-15(5-10-31)24-26-30/h1-2,6,9,11-12,16,18,31H,3-5,7-8,10,13-14H2/t18-/m0/s1. The van der Waals surface area contributed by atoms with Crippen molar-refractivity contribution < 1.29 is 19.0 Å². The quantitative estimate of drug-likeness (QED) is 0.568. The average molecular weight is 456 g/mol. The van der Waals surface area contributed by atoms with E-state index in [1.807, 2.05) is 15.8 Å². The number of hydrogen-bond acceptors (Lipinski definition) is 8. The summed E-state index contributed by atoms with van der Waals surface area (Å²) in [7, 11) is 0. The lowest BCUT2D eigenvalue weighted by Crippen LogP contribution is -2.35. The number of carbonyl (C=O) groups is 1. The molecule has 1 N–H and O–H groups in total. The van der Waals surface area contributed by atoms with E-state index in [1.54, 1.807) is 29.2 Å². The smallest absolute Gasteiger partial charge is 0.414 e. The summed E-state index contributed by atoms with van der Waals surface area (Å²) in [5.41, 5.74) is 1.75. The molecular formula is C21H25FN8O3. The minimum absolute atomic E-state index is 0.0457. The maximum Gasteiger partial charge on any atom is 0.414 e. The normalized spacial score (nSPS) is 19.3. The van der Waals surface area contributed by atoms with Gasteiger partial charge >= 0.3 is 6.09 Å².